The number of thioether (sulfide) groups is 1. The Hall–Kier alpha value is -1.26. The van der Waals surface area contributed by atoms with Crippen LogP contribution in [0.2, 0.25) is 0 Å². The fourth-order valence-electron chi connectivity index (χ4n) is 3.42. The summed E-state index contributed by atoms with van der Waals surface area (Å²) >= 11 is 1.97. The van der Waals surface area contributed by atoms with Crippen molar-refractivity contribution in [2.45, 2.75) is 36.2 Å². The van der Waals surface area contributed by atoms with Crippen LogP contribution in [0.15, 0.2) is 35.4 Å². The van der Waals surface area contributed by atoms with Crippen LogP contribution in [-0.2, 0) is 13.5 Å². The van der Waals surface area contributed by atoms with Crippen LogP contribution in [0.25, 0.3) is 0 Å². The molecule has 3 nitrogen and oxygen atoms in total. The van der Waals surface area contributed by atoms with Gasteiger partial charge in [0.1, 0.15) is 0 Å². The first-order valence-electron chi connectivity index (χ1n) is 7.31. The van der Waals surface area contributed by atoms with E-state index in [-0.39, 0.29) is 0 Å². The van der Waals surface area contributed by atoms with Crippen LogP contribution < -0.4 is 5.32 Å². The summed E-state index contributed by atoms with van der Waals surface area (Å²) in [6.45, 7) is 0. The number of hydrogen-bond donors (Lipinski definition) is 1. The number of aromatic nitrogens is 2. The molecule has 2 aliphatic rings. The van der Waals surface area contributed by atoms with Gasteiger partial charge in [-0.3, -0.25) is 4.68 Å². The van der Waals surface area contributed by atoms with Crippen LogP contribution in [0.4, 0.5) is 0 Å². The molecule has 2 aromatic rings. The number of hydrogen-bond acceptors (Lipinski definition) is 3. The molecule has 0 radical (unpaired) electrons. The fourth-order valence-corrected chi connectivity index (χ4v) is 4.60. The molecular weight excluding hydrogens is 266 g/mol. The van der Waals surface area contributed by atoms with Crippen LogP contribution in [0.5, 0.6) is 0 Å². The summed E-state index contributed by atoms with van der Waals surface area (Å²) in [4.78, 5) is 1.44. The summed E-state index contributed by atoms with van der Waals surface area (Å²) in [7, 11) is 2.06. The maximum atomic E-state index is 4.44. The molecule has 0 saturated carbocycles. The summed E-state index contributed by atoms with van der Waals surface area (Å²) in [5, 5.41) is 8.31. The van der Waals surface area contributed by atoms with Crippen molar-refractivity contribution >= 4 is 11.8 Å². The van der Waals surface area contributed by atoms with Crippen molar-refractivity contribution in [3.05, 3.63) is 47.3 Å². The first kappa shape index (κ1) is 12.5. The third kappa shape index (κ3) is 1.98. The van der Waals surface area contributed by atoms with Gasteiger partial charge in [-0.05, 0) is 30.9 Å². The summed E-state index contributed by atoms with van der Waals surface area (Å²) in [6.07, 6.45) is 5.70. The smallest absolute Gasteiger partial charge is 0.0540 e. The first-order chi connectivity index (χ1) is 9.83. The standard InChI is InChI=1S/C16H19N3S/c1-19-15-7-4-6-13(12(15)9-17-19)18-14-10-20-16-8-3-2-5-11(14)16/h2-3,5,8-9,13-14,18H,4,6-7,10H2,1H3. The highest BCUT2D eigenvalue weighted by molar-refractivity contribution is 7.99. The molecule has 4 rings (SSSR count). The summed E-state index contributed by atoms with van der Waals surface area (Å²) in [5.74, 6) is 1.14. The van der Waals surface area contributed by atoms with Crippen LogP contribution in [0.3, 0.4) is 0 Å². The van der Waals surface area contributed by atoms with Crippen molar-refractivity contribution in [1.82, 2.24) is 15.1 Å². The van der Waals surface area contributed by atoms with Crippen molar-refractivity contribution in [2.75, 3.05) is 5.75 Å². The highest BCUT2D eigenvalue weighted by Crippen LogP contribution is 2.40. The Morgan fingerprint density at radius 2 is 2.15 bits per heavy atom. The number of nitrogens with one attached hydrogen (secondary N) is 1. The van der Waals surface area contributed by atoms with Crippen LogP contribution in [0, 0.1) is 0 Å². The van der Waals surface area contributed by atoms with E-state index in [0.717, 1.165) is 5.75 Å². The van der Waals surface area contributed by atoms with E-state index >= 15 is 0 Å². The van der Waals surface area contributed by atoms with Gasteiger partial charge >= 0.3 is 0 Å². The van der Waals surface area contributed by atoms with E-state index in [2.05, 4.69) is 47.9 Å². The van der Waals surface area contributed by atoms with Gasteiger partial charge in [0.15, 0.2) is 0 Å². The van der Waals surface area contributed by atoms with Gasteiger partial charge < -0.3 is 5.32 Å². The quantitative estimate of drug-likeness (QED) is 0.918. The summed E-state index contributed by atoms with van der Waals surface area (Å²) < 4.78 is 2.04. The van der Waals surface area contributed by atoms with Gasteiger partial charge in [0.05, 0.1) is 6.20 Å². The molecule has 20 heavy (non-hydrogen) atoms. The van der Waals surface area contributed by atoms with Gasteiger partial charge in [0.2, 0.25) is 0 Å². The minimum Gasteiger partial charge on any atom is -0.302 e. The number of aryl methyl sites for hydroxylation is 1. The molecule has 1 N–H and O–H groups in total. The molecule has 0 bridgehead atoms. The minimum absolute atomic E-state index is 0.462. The monoisotopic (exact) mass is 285 g/mol. The van der Waals surface area contributed by atoms with Gasteiger partial charge in [-0.15, -0.1) is 11.8 Å². The number of benzene rings is 1. The Kier molecular flexibility index (Phi) is 3.08. The molecular formula is C16H19N3S. The fraction of sp³-hybridized carbons (Fsp3) is 0.438. The predicted molar refractivity (Wildman–Crippen MR) is 81.9 cm³/mol. The third-order valence-corrected chi connectivity index (χ3v) is 5.66. The lowest BCUT2D eigenvalue weighted by Gasteiger charge is -2.27. The second-order valence-electron chi connectivity index (χ2n) is 5.68. The lowest BCUT2D eigenvalue weighted by atomic mass is 9.92. The second-order valence-corrected chi connectivity index (χ2v) is 6.74. The molecule has 1 aliphatic heterocycles. The zero-order chi connectivity index (χ0) is 13.5. The largest absolute Gasteiger partial charge is 0.302 e. The topological polar surface area (TPSA) is 29.9 Å². The van der Waals surface area contributed by atoms with Crippen LogP contribution >= 0.6 is 11.8 Å². The van der Waals surface area contributed by atoms with E-state index in [1.165, 1.54) is 41.0 Å². The average molecular weight is 285 g/mol. The van der Waals surface area contributed by atoms with Crippen molar-refractivity contribution in [3.63, 3.8) is 0 Å². The molecule has 1 aliphatic carbocycles. The highest BCUT2D eigenvalue weighted by Gasteiger charge is 2.29. The maximum absolute atomic E-state index is 4.44. The molecule has 104 valence electrons. The molecule has 0 fully saturated rings. The van der Waals surface area contributed by atoms with Gasteiger partial charge in [-0.2, -0.15) is 5.10 Å². The van der Waals surface area contributed by atoms with E-state index in [0.29, 0.717) is 12.1 Å². The van der Waals surface area contributed by atoms with Crippen molar-refractivity contribution in [1.29, 1.82) is 0 Å². The normalized spacial score (nSPS) is 24.4. The van der Waals surface area contributed by atoms with Crippen LogP contribution in [-0.4, -0.2) is 15.5 Å². The zero-order valence-electron chi connectivity index (χ0n) is 11.7. The number of rotatable bonds is 2. The molecule has 2 unspecified atom stereocenters. The molecule has 0 amide bonds. The highest BCUT2D eigenvalue weighted by atomic mass is 32.2. The number of nitrogens with zero attached hydrogens (tertiary/aromatic N) is 2. The first-order valence-corrected chi connectivity index (χ1v) is 8.30. The lowest BCUT2D eigenvalue weighted by Crippen LogP contribution is -2.29. The van der Waals surface area contributed by atoms with E-state index in [1.54, 1.807) is 0 Å². The Balaban J connectivity index is 1.59. The maximum Gasteiger partial charge on any atom is 0.0540 e. The molecule has 2 heterocycles. The van der Waals surface area contributed by atoms with E-state index < -0.39 is 0 Å². The van der Waals surface area contributed by atoms with Gasteiger partial charge in [0.25, 0.3) is 0 Å². The SMILES string of the molecule is Cn1ncc2c1CCCC2NC1CSc2ccccc21. The Morgan fingerprint density at radius 1 is 1.25 bits per heavy atom. The minimum atomic E-state index is 0.462. The molecule has 2 atom stereocenters. The number of fused-ring (bicyclic) bond motifs is 2. The van der Waals surface area contributed by atoms with E-state index in [4.69, 9.17) is 0 Å². The van der Waals surface area contributed by atoms with Crippen LogP contribution in [0.1, 0.15) is 41.7 Å². The summed E-state index contributed by atoms with van der Waals surface area (Å²) in [5.41, 5.74) is 4.29. The molecule has 0 spiro atoms. The Bertz CT molecular complexity index is 634. The molecule has 4 heteroatoms. The van der Waals surface area contributed by atoms with E-state index in [9.17, 15) is 0 Å². The summed E-state index contributed by atoms with van der Waals surface area (Å²) in [6, 6.07) is 9.72. The Morgan fingerprint density at radius 3 is 3.10 bits per heavy atom. The van der Waals surface area contributed by atoms with Crippen molar-refractivity contribution < 1.29 is 0 Å². The van der Waals surface area contributed by atoms with Gasteiger partial charge in [-0.25, -0.2) is 0 Å². The van der Waals surface area contributed by atoms with Crippen molar-refractivity contribution in [2.24, 2.45) is 7.05 Å². The molecule has 1 aromatic carbocycles. The predicted octanol–water partition coefficient (Wildman–Crippen LogP) is 3.23. The van der Waals surface area contributed by atoms with Gasteiger partial charge in [0, 0.05) is 41.0 Å². The van der Waals surface area contributed by atoms with Crippen molar-refractivity contribution in [3.8, 4) is 0 Å². The third-order valence-electron chi connectivity index (χ3n) is 4.48. The zero-order valence-corrected chi connectivity index (χ0v) is 12.5. The second kappa shape index (κ2) is 4.93. The van der Waals surface area contributed by atoms with Gasteiger partial charge in [-0.1, -0.05) is 18.2 Å². The lowest BCUT2D eigenvalue weighted by molar-refractivity contribution is 0.415. The molecule has 1 aromatic heterocycles. The Labute approximate surface area is 123 Å². The average Bonchev–Trinajstić information content (AvgIpc) is 3.05. The molecule has 0 saturated heterocycles. The van der Waals surface area contributed by atoms with E-state index in [1.807, 2.05) is 16.4 Å².